The summed E-state index contributed by atoms with van der Waals surface area (Å²) in [6.07, 6.45) is 5.67. The number of hydrogen-bond donors (Lipinski definition) is 0. The van der Waals surface area contributed by atoms with Gasteiger partial charge in [0.05, 0.1) is 6.20 Å². The van der Waals surface area contributed by atoms with E-state index in [2.05, 4.69) is 24.4 Å². The Kier molecular flexibility index (Phi) is 3.17. The molecule has 0 aliphatic carbocycles. The fourth-order valence-corrected chi connectivity index (χ4v) is 3.72. The van der Waals surface area contributed by atoms with Crippen molar-refractivity contribution in [3.63, 3.8) is 0 Å². The van der Waals surface area contributed by atoms with Crippen LogP contribution < -0.4 is 0 Å². The molecule has 110 valence electrons. The van der Waals surface area contributed by atoms with Crippen molar-refractivity contribution in [1.29, 1.82) is 0 Å². The van der Waals surface area contributed by atoms with Gasteiger partial charge in [0.2, 0.25) is 0 Å². The lowest BCUT2D eigenvalue weighted by Gasteiger charge is -2.31. The molecule has 21 heavy (non-hydrogen) atoms. The van der Waals surface area contributed by atoms with Crippen molar-refractivity contribution < 1.29 is 4.79 Å². The minimum Gasteiger partial charge on any atom is -0.338 e. The molecule has 2 aromatic heterocycles. The van der Waals surface area contributed by atoms with Gasteiger partial charge in [0.1, 0.15) is 16.5 Å². The lowest BCUT2D eigenvalue weighted by Crippen LogP contribution is -2.38. The highest BCUT2D eigenvalue weighted by atomic mass is 32.1. The number of likely N-dealkylation sites (tertiary alicyclic amines) is 1. The Morgan fingerprint density at radius 3 is 2.86 bits per heavy atom. The molecular weight excluding hydrogens is 288 g/mol. The van der Waals surface area contributed by atoms with Crippen molar-refractivity contribution >= 4 is 17.4 Å². The maximum Gasteiger partial charge on any atom is 0.267 e. The second kappa shape index (κ2) is 5.18. The average molecular weight is 304 g/mol. The molecule has 0 bridgehead atoms. The SMILES string of the molecule is O=C(c1cnns1)N1CCC(c2nnc3n2CCC3)CC1. The predicted octanol–water partition coefficient (Wildman–Crippen LogP) is 1.10. The van der Waals surface area contributed by atoms with Crippen LogP contribution in [-0.2, 0) is 13.0 Å². The van der Waals surface area contributed by atoms with Crippen molar-refractivity contribution in [2.24, 2.45) is 0 Å². The number of carbonyl (C=O) groups excluding carboxylic acids is 1. The topological polar surface area (TPSA) is 76.8 Å². The molecule has 8 heteroatoms. The van der Waals surface area contributed by atoms with Gasteiger partial charge in [0, 0.05) is 32.0 Å². The van der Waals surface area contributed by atoms with Gasteiger partial charge in [-0.2, -0.15) is 0 Å². The van der Waals surface area contributed by atoms with Crippen molar-refractivity contribution in [2.45, 2.75) is 38.1 Å². The van der Waals surface area contributed by atoms with Gasteiger partial charge in [-0.05, 0) is 30.8 Å². The van der Waals surface area contributed by atoms with Crippen LogP contribution in [0.3, 0.4) is 0 Å². The fraction of sp³-hybridized carbons (Fsp3) is 0.615. The molecule has 4 rings (SSSR count). The van der Waals surface area contributed by atoms with Gasteiger partial charge in [-0.15, -0.1) is 15.3 Å². The molecule has 0 atom stereocenters. The lowest BCUT2D eigenvalue weighted by atomic mass is 9.96. The van der Waals surface area contributed by atoms with Gasteiger partial charge in [-0.1, -0.05) is 4.49 Å². The summed E-state index contributed by atoms with van der Waals surface area (Å²) in [7, 11) is 0. The Labute approximate surface area is 126 Å². The van der Waals surface area contributed by atoms with E-state index in [0.29, 0.717) is 10.8 Å². The number of aromatic nitrogens is 5. The van der Waals surface area contributed by atoms with Gasteiger partial charge >= 0.3 is 0 Å². The molecule has 4 heterocycles. The van der Waals surface area contributed by atoms with Crippen LogP contribution in [0.25, 0.3) is 0 Å². The number of nitrogens with zero attached hydrogens (tertiary/aromatic N) is 6. The van der Waals surface area contributed by atoms with E-state index in [1.807, 2.05) is 4.90 Å². The van der Waals surface area contributed by atoms with E-state index in [1.54, 1.807) is 6.20 Å². The summed E-state index contributed by atoms with van der Waals surface area (Å²) in [5, 5.41) is 12.4. The zero-order valence-corrected chi connectivity index (χ0v) is 12.4. The number of aryl methyl sites for hydroxylation is 1. The van der Waals surface area contributed by atoms with Crippen molar-refractivity contribution in [2.75, 3.05) is 13.1 Å². The summed E-state index contributed by atoms with van der Waals surface area (Å²) in [5.41, 5.74) is 0. The van der Waals surface area contributed by atoms with Gasteiger partial charge in [-0.3, -0.25) is 4.79 Å². The summed E-state index contributed by atoms with van der Waals surface area (Å²) in [6, 6.07) is 0. The number of fused-ring (bicyclic) bond motifs is 1. The molecule has 0 unspecified atom stereocenters. The third-order valence-corrected chi connectivity index (χ3v) is 5.01. The zero-order chi connectivity index (χ0) is 14.2. The van der Waals surface area contributed by atoms with Crippen LogP contribution in [0.5, 0.6) is 0 Å². The smallest absolute Gasteiger partial charge is 0.267 e. The van der Waals surface area contributed by atoms with Crippen LogP contribution >= 0.6 is 11.5 Å². The first kappa shape index (κ1) is 12.9. The van der Waals surface area contributed by atoms with Crippen LogP contribution in [0.4, 0.5) is 0 Å². The van der Waals surface area contributed by atoms with Crippen LogP contribution in [0.15, 0.2) is 6.20 Å². The average Bonchev–Trinajstić information content (AvgIpc) is 3.24. The monoisotopic (exact) mass is 304 g/mol. The Balaban J connectivity index is 1.44. The Bertz CT molecular complexity index is 644. The van der Waals surface area contributed by atoms with E-state index < -0.39 is 0 Å². The third-order valence-electron chi connectivity index (χ3n) is 4.36. The van der Waals surface area contributed by atoms with E-state index in [9.17, 15) is 4.79 Å². The molecule has 0 aromatic carbocycles. The zero-order valence-electron chi connectivity index (χ0n) is 11.6. The molecule has 0 N–H and O–H groups in total. The van der Waals surface area contributed by atoms with Crippen molar-refractivity contribution in [1.82, 2.24) is 29.3 Å². The summed E-state index contributed by atoms with van der Waals surface area (Å²) in [6.45, 7) is 2.58. The fourth-order valence-electron chi connectivity index (χ4n) is 3.23. The van der Waals surface area contributed by atoms with Crippen LogP contribution in [0, 0.1) is 0 Å². The highest BCUT2D eigenvalue weighted by molar-refractivity contribution is 7.07. The highest BCUT2D eigenvalue weighted by Crippen LogP contribution is 2.29. The maximum absolute atomic E-state index is 12.3. The Morgan fingerprint density at radius 1 is 1.24 bits per heavy atom. The van der Waals surface area contributed by atoms with Crippen LogP contribution in [0.1, 0.15) is 46.5 Å². The molecule has 2 aromatic rings. The highest BCUT2D eigenvalue weighted by Gasteiger charge is 2.30. The number of amides is 1. The minimum atomic E-state index is 0.0509. The van der Waals surface area contributed by atoms with Crippen LogP contribution in [0.2, 0.25) is 0 Å². The van der Waals surface area contributed by atoms with Crippen molar-refractivity contribution in [3.05, 3.63) is 22.7 Å². The molecule has 1 amide bonds. The van der Waals surface area contributed by atoms with Gasteiger partial charge in [0.25, 0.3) is 5.91 Å². The first-order chi connectivity index (χ1) is 10.3. The molecule has 0 saturated carbocycles. The van der Waals surface area contributed by atoms with Crippen LogP contribution in [-0.4, -0.2) is 48.2 Å². The summed E-state index contributed by atoms with van der Waals surface area (Å²) >= 11 is 1.16. The molecule has 1 fully saturated rings. The second-order valence-corrected chi connectivity index (χ2v) is 6.36. The Morgan fingerprint density at radius 2 is 2.10 bits per heavy atom. The predicted molar refractivity (Wildman–Crippen MR) is 76.1 cm³/mol. The van der Waals surface area contributed by atoms with Gasteiger partial charge < -0.3 is 9.47 Å². The van der Waals surface area contributed by atoms with Gasteiger partial charge in [-0.25, -0.2) is 0 Å². The maximum atomic E-state index is 12.3. The van der Waals surface area contributed by atoms with E-state index in [-0.39, 0.29) is 5.91 Å². The number of carbonyl (C=O) groups is 1. The lowest BCUT2D eigenvalue weighted by molar-refractivity contribution is 0.0715. The molecule has 0 spiro atoms. The first-order valence-electron chi connectivity index (χ1n) is 7.31. The molecule has 2 aliphatic rings. The van der Waals surface area contributed by atoms with E-state index in [0.717, 1.165) is 62.1 Å². The van der Waals surface area contributed by atoms with E-state index in [4.69, 9.17) is 0 Å². The summed E-state index contributed by atoms with van der Waals surface area (Å²) in [5.74, 6) is 2.72. The van der Waals surface area contributed by atoms with Crippen molar-refractivity contribution in [3.8, 4) is 0 Å². The number of rotatable bonds is 2. The third kappa shape index (κ3) is 2.23. The molecule has 1 saturated heterocycles. The summed E-state index contributed by atoms with van der Waals surface area (Å²) < 4.78 is 6.03. The molecule has 2 aliphatic heterocycles. The number of piperidine rings is 1. The second-order valence-electron chi connectivity index (χ2n) is 5.58. The normalized spacial score (nSPS) is 19.0. The molecule has 7 nitrogen and oxygen atoms in total. The standard InChI is InChI=1S/C13H16N6OS/c20-13(10-8-14-17-21-10)18-6-3-9(4-7-18)12-16-15-11-2-1-5-19(11)12/h8-9H,1-7H2. The minimum absolute atomic E-state index is 0.0509. The van der Waals surface area contributed by atoms with E-state index in [1.165, 1.54) is 6.42 Å². The molecule has 0 radical (unpaired) electrons. The quantitative estimate of drug-likeness (QED) is 0.830. The van der Waals surface area contributed by atoms with Gasteiger partial charge in [0.15, 0.2) is 0 Å². The number of hydrogen-bond acceptors (Lipinski definition) is 6. The summed E-state index contributed by atoms with van der Waals surface area (Å²) in [4.78, 5) is 14.8. The van der Waals surface area contributed by atoms with E-state index >= 15 is 0 Å². The first-order valence-corrected chi connectivity index (χ1v) is 8.09. The largest absolute Gasteiger partial charge is 0.338 e. The molecular formula is C13H16N6OS. The Hall–Kier alpha value is -1.83.